The molecule has 0 saturated heterocycles. The van der Waals surface area contributed by atoms with E-state index >= 15 is 0 Å². The van der Waals surface area contributed by atoms with E-state index in [0.717, 1.165) is 21.9 Å². The lowest BCUT2D eigenvalue weighted by Crippen LogP contribution is -2.02. The van der Waals surface area contributed by atoms with Gasteiger partial charge in [0, 0.05) is 42.2 Å². The van der Waals surface area contributed by atoms with Gasteiger partial charge in [0.1, 0.15) is 0 Å². The van der Waals surface area contributed by atoms with Gasteiger partial charge >= 0.3 is 0 Å². The highest BCUT2D eigenvalue weighted by Crippen LogP contribution is 2.19. The molecule has 98 valence electrons. The summed E-state index contributed by atoms with van der Waals surface area (Å²) in [6.07, 6.45) is 8.26. The van der Waals surface area contributed by atoms with E-state index in [2.05, 4.69) is 9.97 Å². The number of ketones is 1. The molecule has 0 N–H and O–H groups in total. The first-order valence-corrected chi connectivity index (χ1v) is 6.59. The number of aromatic nitrogens is 2. The Hall–Kier alpha value is -2.55. The van der Waals surface area contributed by atoms with Gasteiger partial charge in [0.05, 0.1) is 0 Å². The highest BCUT2D eigenvalue weighted by Gasteiger charge is 2.09. The highest BCUT2D eigenvalue weighted by atomic mass is 16.1. The summed E-state index contributed by atoms with van der Waals surface area (Å²) in [7, 11) is 0. The van der Waals surface area contributed by atoms with Crippen LogP contribution in [0.2, 0.25) is 0 Å². The summed E-state index contributed by atoms with van der Waals surface area (Å²) < 4.78 is 0. The summed E-state index contributed by atoms with van der Waals surface area (Å²) in [5.74, 6) is 0.158. The summed E-state index contributed by atoms with van der Waals surface area (Å²) in [6.45, 7) is 0. The molecule has 0 unspecified atom stereocenters. The molecule has 0 radical (unpaired) electrons. The van der Waals surface area contributed by atoms with Crippen molar-refractivity contribution in [3.8, 4) is 0 Å². The molecule has 20 heavy (non-hydrogen) atoms. The monoisotopic (exact) mass is 262 g/mol. The van der Waals surface area contributed by atoms with Crippen LogP contribution in [-0.4, -0.2) is 15.8 Å². The van der Waals surface area contributed by atoms with Crippen LogP contribution in [0.5, 0.6) is 0 Å². The van der Waals surface area contributed by atoms with Gasteiger partial charge in [0.25, 0.3) is 0 Å². The zero-order valence-electron chi connectivity index (χ0n) is 11.0. The van der Waals surface area contributed by atoms with E-state index < -0.39 is 0 Å². The maximum Gasteiger partial charge on any atom is 0.163 e. The molecule has 0 atom stereocenters. The number of rotatable bonds is 4. The highest BCUT2D eigenvalue weighted by molar-refractivity contribution is 6.07. The third kappa shape index (κ3) is 2.57. The number of carbonyl (C=O) groups is 1. The smallest absolute Gasteiger partial charge is 0.163 e. The second-order valence-corrected chi connectivity index (χ2v) is 4.69. The molecular weight excluding hydrogens is 248 g/mol. The fourth-order valence-corrected chi connectivity index (χ4v) is 2.30. The molecule has 0 bridgehead atoms. The van der Waals surface area contributed by atoms with Gasteiger partial charge in [-0.15, -0.1) is 0 Å². The van der Waals surface area contributed by atoms with Crippen molar-refractivity contribution in [3.05, 3.63) is 72.3 Å². The van der Waals surface area contributed by atoms with E-state index in [-0.39, 0.29) is 5.78 Å². The van der Waals surface area contributed by atoms with Gasteiger partial charge in [-0.2, -0.15) is 0 Å². The van der Waals surface area contributed by atoms with Gasteiger partial charge in [0.2, 0.25) is 0 Å². The van der Waals surface area contributed by atoms with Gasteiger partial charge in [-0.05, 0) is 29.5 Å². The Balaban J connectivity index is 1.82. The number of benzene rings is 1. The molecule has 1 aromatic carbocycles. The number of Topliss-reactive ketones (excluding diaryl/α,β-unsaturated/α-hetero) is 1. The summed E-state index contributed by atoms with van der Waals surface area (Å²) >= 11 is 0. The van der Waals surface area contributed by atoms with E-state index in [1.165, 1.54) is 0 Å². The molecule has 0 saturated carbocycles. The zero-order chi connectivity index (χ0) is 13.8. The van der Waals surface area contributed by atoms with Gasteiger partial charge in [-0.3, -0.25) is 14.8 Å². The Morgan fingerprint density at radius 1 is 0.950 bits per heavy atom. The summed E-state index contributed by atoms with van der Waals surface area (Å²) in [6, 6.07) is 11.5. The SMILES string of the molecule is O=C(CCc1cccnc1)c1cccc2cnccc12. The maximum absolute atomic E-state index is 12.4. The van der Waals surface area contributed by atoms with Crippen LogP contribution in [0.25, 0.3) is 10.8 Å². The van der Waals surface area contributed by atoms with Crippen molar-refractivity contribution in [2.24, 2.45) is 0 Å². The molecule has 3 heteroatoms. The maximum atomic E-state index is 12.4. The molecule has 0 aliphatic rings. The molecule has 0 aliphatic carbocycles. The van der Waals surface area contributed by atoms with Crippen LogP contribution >= 0.6 is 0 Å². The third-order valence-corrected chi connectivity index (χ3v) is 3.34. The minimum atomic E-state index is 0.158. The van der Waals surface area contributed by atoms with Gasteiger partial charge in [0.15, 0.2) is 5.78 Å². The molecule has 0 aliphatic heterocycles. The molecule has 2 heterocycles. The molecule has 0 amide bonds. The first-order chi connectivity index (χ1) is 9.84. The van der Waals surface area contributed by atoms with Crippen molar-refractivity contribution >= 4 is 16.6 Å². The standard InChI is InChI=1S/C17H14N2O/c20-17(7-6-13-3-2-9-18-11-13)16-5-1-4-14-12-19-10-8-15(14)16/h1-5,8-12H,6-7H2. The van der Waals surface area contributed by atoms with E-state index in [4.69, 9.17) is 0 Å². The minimum Gasteiger partial charge on any atom is -0.294 e. The van der Waals surface area contributed by atoms with E-state index in [0.29, 0.717) is 12.8 Å². The Bertz CT molecular complexity index is 733. The van der Waals surface area contributed by atoms with Gasteiger partial charge < -0.3 is 0 Å². The van der Waals surface area contributed by atoms with Crippen LogP contribution < -0.4 is 0 Å². The van der Waals surface area contributed by atoms with Crippen LogP contribution in [0, 0.1) is 0 Å². The first-order valence-electron chi connectivity index (χ1n) is 6.59. The topological polar surface area (TPSA) is 42.9 Å². The van der Waals surface area contributed by atoms with Crippen molar-refractivity contribution in [1.29, 1.82) is 0 Å². The lowest BCUT2D eigenvalue weighted by atomic mass is 9.99. The van der Waals surface area contributed by atoms with E-state index in [9.17, 15) is 4.79 Å². The van der Waals surface area contributed by atoms with Gasteiger partial charge in [-0.1, -0.05) is 24.3 Å². The Labute approximate surface area is 117 Å². The molecule has 0 spiro atoms. The zero-order valence-corrected chi connectivity index (χ0v) is 11.0. The molecule has 3 nitrogen and oxygen atoms in total. The normalized spacial score (nSPS) is 10.6. The van der Waals surface area contributed by atoms with E-state index in [1.54, 1.807) is 24.8 Å². The quantitative estimate of drug-likeness (QED) is 0.676. The second-order valence-electron chi connectivity index (χ2n) is 4.69. The van der Waals surface area contributed by atoms with E-state index in [1.807, 2.05) is 36.4 Å². The fraction of sp³-hybridized carbons (Fsp3) is 0.118. The predicted molar refractivity (Wildman–Crippen MR) is 78.6 cm³/mol. The third-order valence-electron chi connectivity index (χ3n) is 3.34. The summed E-state index contributed by atoms with van der Waals surface area (Å²) in [5.41, 5.74) is 1.86. The number of hydrogen-bond donors (Lipinski definition) is 0. The lowest BCUT2D eigenvalue weighted by molar-refractivity contribution is 0.0984. The van der Waals surface area contributed by atoms with Crippen LogP contribution in [0.3, 0.4) is 0 Å². The van der Waals surface area contributed by atoms with Crippen LogP contribution in [0.15, 0.2) is 61.2 Å². The van der Waals surface area contributed by atoms with Gasteiger partial charge in [-0.25, -0.2) is 0 Å². The van der Waals surface area contributed by atoms with Crippen molar-refractivity contribution in [2.45, 2.75) is 12.8 Å². The Morgan fingerprint density at radius 2 is 1.85 bits per heavy atom. The minimum absolute atomic E-state index is 0.158. The average molecular weight is 262 g/mol. The van der Waals surface area contributed by atoms with Crippen molar-refractivity contribution in [1.82, 2.24) is 9.97 Å². The average Bonchev–Trinajstić information content (AvgIpc) is 2.53. The Kier molecular flexibility index (Phi) is 3.50. The lowest BCUT2D eigenvalue weighted by Gasteiger charge is -2.05. The summed E-state index contributed by atoms with van der Waals surface area (Å²) in [5, 5.41) is 1.97. The molecule has 3 aromatic rings. The number of nitrogens with zero attached hydrogens (tertiary/aromatic N) is 2. The molecule has 2 aromatic heterocycles. The number of fused-ring (bicyclic) bond motifs is 1. The molecule has 3 rings (SSSR count). The largest absolute Gasteiger partial charge is 0.294 e. The van der Waals surface area contributed by atoms with Crippen molar-refractivity contribution in [3.63, 3.8) is 0 Å². The van der Waals surface area contributed by atoms with Crippen LogP contribution in [0.4, 0.5) is 0 Å². The number of carbonyl (C=O) groups excluding carboxylic acids is 1. The predicted octanol–water partition coefficient (Wildman–Crippen LogP) is 3.45. The molecular formula is C17H14N2O. The number of hydrogen-bond acceptors (Lipinski definition) is 3. The van der Waals surface area contributed by atoms with Crippen molar-refractivity contribution in [2.75, 3.05) is 0 Å². The van der Waals surface area contributed by atoms with Crippen LogP contribution in [0.1, 0.15) is 22.3 Å². The van der Waals surface area contributed by atoms with Crippen molar-refractivity contribution < 1.29 is 4.79 Å². The fourth-order valence-electron chi connectivity index (χ4n) is 2.30. The molecule has 0 fully saturated rings. The number of aryl methyl sites for hydroxylation is 1. The summed E-state index contributed by atoms with van der Waals surface area (Å²) in [4.78, 5) is 20.5. The number of pyridine rings is 2. The first kappa shape index (κ1) is 12.5. The second kappa shape index (κ2) is 5.61. The van der Waals surface area contributed by atoms with Crippen LogP contribution in [-0.2, 0) is 6.42 Å². The Morgan fingerprint density at radius 3 is 2.70 bits per heavy atom.